The summed E-state index contributed by atoms with van der Waals surface area (Å²) in [5.74, 6) is 1.86. The highest BCUT2D eigenvalue weighted by molar-refractivity contribution is 5.79. The highest BCUT2D eigenvalue weighted by Gasteiger charge is 2.36. The van der Waals surface area contributed by atoms with Crippen LogP contribution in [0.3, 0.4) is 0 Å². The van der Waals surface area contributed by atoms with Gasteiger partial charge in [0.05, 0.1) is 6.04 Å². The van der Waals surface area contributed by atoms with E-state index in [0.717, 1.165) is 43.7 Å². The summed E-state index contributed by atoms with van der Waals surface area (Å²) >= 11 is 0. The Morgan fingerprint density at radius 3 is 2.70 bits per heavy atom. The Labute approximate surface area is 120 Å². The monoisotopic (exact) mass is 276 g/mol. The van der Waals surface area contributed by atoms with Gasteiger partial charge in [-0.15, -0.1) is 0 Å². The number of aromatic nitrogens is 1. The fraction of sp³-hybridized carbons (Fsp3) is 0.750. The first-order valence-corrected chi connectivity index (χ1v) is 7.94. The number of likely N-dealkylation sites (tertiary alicyclic amines) is 1. The minimum absolute atomic E-state index is 0.138. The van der Waals surface area contributed by atoms with Crippen molar-refractivity contribution in [3.63, 3.8) is 0 Å². The molecule has 2 aliphatic rings. The number of carbonyl (C=O) groups is 1. The van der Waals surface area contributed by atoms with Crippen molar-refractivity contribution in [3.8, 4) is 0 Å². The molecule has 2 fully saturated rings. The van der Waals surface area contributed by atoms with Crippen LogP contribution in [-0.2, 0) is 4.79 Å². The molecule has 0 N–H and O–H groups in total. The van der Waals surface area contributed by atoms with E-state index >= 15 is 0 Å². The molecule has 1 atom stereocenters. The molecule has 20 heavy (non-hydrogen) atoms. The Balaban J connectivity index is 1.75. The van der Waals surface area contributed by atoms with E-state index in [4.69, 9.17) is 4.52 Å². The van der Waals surface area contributed by atoms with Gasteiger partial charge in [0.15, 0.2) is 0 Å². The predicted molar refractivity (Wildman–Crippen MR) is 76.2 cm³/mol. The summed E-state index contributed by atoms with van der Waals surface area (Å²) in [7, 11) is 0. The smallest absolute Gasteiger partial charge is 0.226 e. The molecule has 1 aliphatic heterocycles. The van der Waals surface area contributed by atoms with Crippen LogP contribution in [0.1, 0.15) is 75.8 Å². The fourth-order valence-electron chi connectivity index (χ4n) is 3.48. The van der Waals surface area contributed by atoms with Crippen LogP contribution in [0.5, 0.6) is 0 Å². The van der Waals surface area contributed by atoms with Crippen LogP contribution in [0, 0.1) is 5.92 Å². The quantitative estimate of drug-likeness (QED) is 0.846. The SMILES string of the molecule is CC(C)c1cc([C@H]2CCCN2C(=O)C2CCCC2)no1. The maximum Gasteiger partial charge on any atom is 0.226 e. The summed E-state index contributed by atoms with van der Waals surface area (Å²) in [5, 5.41) is 4.21. The Kier molecular flexibility index (Phi) is 3.81. The lowest BCUT2D eigenvalue weighted by atomic mass is 10.0. The molecular formula is C16H24N2O2. The van der Waals surface area contributed by atoms with E-state index in [0.29, 0.717) is 11.8 Å². The standard InChI is InChI=1S/C16H24N2O2/c1-11(2)15-10-13(17-20-15)14-8-5-9-18(14)16(19)12-6-3-4-7-12/h10-12,14H,3-9H2,1-2H3/t14-/m1/s1. The lowest BCUT2D eigenvalue weighted by Gasteiger charge is -2.25. The van der Waals surface area contributed by atoms with E-state index in [-0.39, 0.29) is 12.0 Å². The molecule has 0 radical (unpaired) electrons. The van der Waals surface area contributed by atoms with E-state index in [1.54, 1.807) is 0 Å². The second-order valence-electron chi connectivity index (χ2n) is 6.48. The molecule has 4 heteroatoms. The minimum atomic E-state index is 0.138. The molecule has 1 aromatic heterocycles. The molecule has 0 aromatic carbocycles. The first kappa shape index (κ1) is 13.7. The summed E-state index contributed by atoms with van der Waals surface area (Å²) in [4.78, 5) is 14.7. The molecule has 1 aromatic rings. The number of carbonyl (C=O) groups excluding carboxylic acids is 1. The average Bonchev–Trinajstić information content (AvgIpc) is 3.17. The maximum absolute atomic E-state index is 12.6. The lowest BCUT2D eigenvalue weighted by molar-refractivity contribution is -0.136. The molecule has 2 heterocycles. The molecule has 4 nitrogen and oxygen atoms in total. The normalized spacial score (nSPS) is 23.9. The first-order chi connectivity index (χ1) is 9.66. The predicted octanol–water partition coefficient (Wildman–Crippen LogP) is 3.65. The van der Waals surface area contributed by atoms with Gasteiger partial charge < -0.3 is 9.42 Å². The Morgan fingerprint density at radius 2 is 2.05 bits per heavy atom. The number of rotatable bonds is 3. The van der Waals surface area contributed by atoms with Crippen LogP contribution in [-0.4, -0.2) is 22.5 Å². The highest BCUT2D eigenvalue weighted by Crippen LogP contribution is 2.36. The number of amides is 1. The van der Waals surface area contributed by atoms with E-state index in [1.165, 1.54) is 12.8 Å². The third-order valence-electron chi connectivity index (χ3n) is 4.70. The second-order valence-corrected chi connectivity index (χ2v) is 6.48. The Hall–Kier alpha value is -1.32. The van der Waals surface area contributed by atoms with Crippen molar-refractivity contribution in [2.45, 2.75) is 64.3 Å². The van der Waals surface area contributed by atoms with Crippen molar-refractivity contribution in [2.24, 2.45) is 5.92 Å². The van der Waals surface area contributed by atoms with Crippen molar-refractivity contribution >= 4 is 5.91 Å². The van der Waals surface area contributed by atoms with Crippen LogP contribution in [0.15, 0.2) is 10.6 Å². The van der Waals surface area contributed by atoms with Crippen LogP contribution in [0.4, 0.5) is 0 Å². The van der Waals surface area contributed by atoms with Crippen molar-refractivity contribution in [3.05, 3.63) is 17.5 Å². The zero-order chi connectivity index (χ0) is 14.1. The molecule has 1 saturated carbocycles. The number of hydrogen-bond donors (Lipinski definition) is 0. The van der Waals surface area contributed by atoms with Gasteiger partial charge in [-0.2, -0.15) is 0 Å². The van der Waals surface area contributed by atoms with E-state index in [1.807, 2.05) is 6.07 Å². The van der Waals surface area contributed by atoms with Gasteiger partial charge in [-0.1, -0.05) is 31.8 Å². The largest absolute Gasteiger partial charge is 0.361 e. The minimum Gasteiger partial charge on any atom is -0.361 e. The van der Waals surface area contributed by atoms with Crippen LogP contribution in [0.2, 0.25) is 0 Å². The first-order valence-electron chi connectivity index (χ1n) is 7.94. The molecule has 1 amide bonds. The molecule has 0 unspecified atom stereocenters. The maximum atomic E-state index is 12.6. The van der Waals surface area contributed by atoms with E-state index in [2.05, 4.69) is 23.9 Å². The summed E-state index contributed by atoms with van der Waals surface area (Å²) < 4.78 is 5.40. The zero-order valence-corrected chi connectivity index (χ0v) is 12.5. The molecule has 0 spiro atoms. The van der Waals surface area contributed by atoms with Crippen molar-refractivity contribution < 1.29 is 9.32 Å². The van der Waals surface area contributed by atoms with Gasteiger partial charge in [0.1, 0.15) is 11.5 Å². The third kappa shape index (κ3) is 2.48. The number of hydrogen-bond acceptors (Lipinski definition) is 3. The molecule has 1 saturated heterocycles. The van der Waals surface area contributed by atoms with Crippen molar-refractivity contribution in [1.82, 2.24) is 10.1 Å². The van der Waals surface area contributed by atoms with Gasteiger partial charge in [-0.05, 0) is 25.7 Å². The zero-order valence-electron chi connectivity index (χ0n) is 12.5. The van der Waals surface area contributed by atoms with Crippen molar-refractivity contribution in [1.29, 1.82) is 0 Å². The van der Waals surface area contributed by atoms with E-state index < -0.39 is 0 Å². The van der Waals surface area contributed by atoms with Gasteiger partial charge in [-0.25, -0.2) is 0 Å². The molecular weight excluding hydrogens is 252 g/mol. The molecule has 1 aliphatic carbocycles. The van der Waals surface area contributed by atoms with Crippen molar-refractivity contribution in [2.75, 3.05) is 6.54 Å². The molecule has 3 rings (SSSR count). The van der Waals surface area contributed by atoms with Gasteiger partial charge in [0.25, 0.3) is 0 Å². The highest BCUT2D eigenvalue weighted by atomic mass is 16.5. The second kappa shape index (κ2) is 5.58. The third-order valence-corrected chi connectivity index (χ3v) is 4.70. The summed E-state index contributed by atoms with van der Waals surface area (Å²) in [6, 6.07) is 2.18. The van der Waals surface area contributed by atoms with E-state index in [9.17, 15) is 4.79 Å². The van der Waals surface area contributed by atoms with Gasteiger partial charge >= 0.3 is 0 Å². The Morgan fingerprint density at radius 1 is 1.30 bits per heavy atom. The van der Waals surface area contributed by atoms with Crippen LogP contribution >= 0.6 is 0 Å². The lowest BCUT2D eigenvalue weighted by Crippen LogP contribution is -2.34. The van der Waals surface area contributed by atoms with Gasteiger partial charge in [0.2, 0.25) is 5.91 Å². The van der Waals surface area contributed by atoms with Gasteiger partial charge in [0, 0.05) is 24.4 Å². The molecule has 0 bridgehead atoms. The van der Waals surface area contributed by atoms with Gasteiger partial charge in [-0.3, -0.25) is 4.79 Å². The Bertz CT molecular complexity index is 475. The molecule has 110 valence electrons. The summed E-state index contributed by atoms with van der Waals surface area (Å²) in [5.41, 5.74) is 0.942. The van der Waals surface area contributed by atoms with Crippen LogP contribution < -0.4 is 0 Å². The fourth-order valence-corrected chi connectivity index (χ4v) is 3.48. The van der Waals surface area contributed by atoms with Crippen LogP contribution in [0.25, 0.3) is 0 Å². The summed E-state index contributed by atoms with van der Waals surface area (Å²) in [6.07, 6.45) is 6.64. The summed E-state index contributed by atoms with van der Waals surface area (Å²) in [6.45, 7) is 5.07. The topological polar surface area (TPSA) is 46.3 Å². The average molecular weight is 276 g/mol. The number of nitrogens with zero attached hydrogens (tertiary/aromatic N) is 2.